The Balaban J connectivity index is 2.14. The van der Waals surface area contributed by atoms with Crippen LogP contribution >= 0.6 is 11.6 Å². The molecule has 3 heteroatoms. The largest absolute Gasteiger partial charge is 0.319 e. The van der Waals surface area contributed by atoms with Gasteiger partial charge in [-0.05, 0) is 62.7 Å². The Morgan fingerprint density at radius 1 is 1.30 bits per heavy atom. The highest BCUT2D eigenvalue weighted by molar-refractivity contribution is 6.31. The van der Waals surface area contributed by atoms with Crippen molar-refractivity contribution in [3.05, 3.63) is 34.6 Å². The number of nitrogens with one attached hydrogen (secondary N) is 1. The van der Waals surface area contributed by atoms with Gasteiger partial charge >= 0.3 is 0 Å². The Hall–Kier alpha value is -0.600. The summed E-state index contributed by atoms with van der Waals surface area (Å²) in [4.78, 5) is 0. The molecule has 0 spiro atoms. The minimum absolute atomic E-state index is 0.153. The predicted octanol–water partition coefficient (Wildman–Crippen LogP) is 4.68. The second-order valence-electron chi connectivity index (χ2n) is 6.07. The fourth-order valence-electron chi connectivity index (χ4n) is 3.57. The molecule has 1 N–H and O–H groups in total. The first-order valence-corrected chi connectivity index (χ1v) is 8.11. The maximum Gasteiger partial charge on any atom is 0.127 e. The Kier molecular flexibility index (Phi) is 5.86. The first-order chi connectivity index (χ1) is 9.65. The van der Waals surface area contributed by atoms with Crippen LogP contribution in [0.3, 0.4) is 0 Å². The first-order valence-electron chi connectivity index (χ1n) is 7.73. The summed E-state index contributed by atoms with van der Waals surface area (Å²) in [6.45, 7) is 3.28. The van der Waals surface area contributed by atoms with Gasteiger partial charge in [-0.3, -0.25) is 0 Å². The van der Waals surface area contributed by atoms with Gasteiger partial charge in [-0.25, -0.2) is 4.39 Å². The number of hydrogen-bond donors (Lipinski definition) is 1. The predicted molar refractivity (Wildman–Crippen MR) is 83.7 cm³/mol. The lowest BCUT2D eigenvalue weighted by molar-refractivity contribution is 0.172. The molecule has 3 unspecified atom stereocenters. The zero-order valence-electron chi connectivity index (χ0n) is 12.5. The van der Waals surface area contributed by atoms with Crippen molar-refractivity contribution in [1.82, 2.24) is 5.32 Å². The third-order valence-corrected chi connectivity index (χ3v) is 5.17. The van der Waals surface area contributed by atoms with Gasteiger partial charge in [0.25, 0.3) is 0 Å². The number of rotatable bonds is 5. The lowest BCUT2D eigenvalue weighted by Crippen LogP contribution is -2.33. The zero-order chi connectivity index (χ0) is 14.5. The Morgan fingerprint density at radius 2 is 2.10 bits per heavy atom. The molecule has 0 amide bonds. The lowest BCUT2D eigenvalue weighted by atomic mass is 9.71. The van der Waals surface area contributed by atoms with Crippen molar-refractivity contribution in [2.75, 3.05) is 13.6 Å². The molecule has 0 radical (unpaired) electrons. The van der Waals surface area contributed by atoms with Gasteiger partial charge in [0.1, 0.15) is 5.82 Å². The van der Waals surface area contributed by atoms with E-state index in [2.05, 4.69) is 12.2 Å². The molecule has 1 fully saturated rings. The highest BCUT2D eigenvalue weighted by Gasteiger charge is 2.30. The highest BCUT2D eigenvalue weighted by Crippen LogP contribution is 2.38. The second kappa shape index (κ2) is 7.42. The van der Waals surface area contributed by atoms with Crippen LogP contribution in [0, 0.1) is 23.6 Å². The lowest BCUT2D eigenvalue weighted by Gasteiger charge is -2.36. The minimum atomic E-state index is -0.153. The van der Waals surface area contributed by atoms with Gasteiger partial charge in [-0.1, -0.05) is 37.4 Å². The van der Waals surface area contributed by atoms with Crippen molar-refractivity contribution < 1.29 is 4.39 Å². The third kappa shape index (κ3) is 3.73. The summed E-state index contributed by atoms with van der Waals surface area (Å²) in [6, 6.07) is 5.00. The van der Waals surface area contributed by atoms with Gasteiger partial charge in [0.05, 0.1) is 0 Å². The van der Waals surface area contributed by atoms with E-state index in [-0.39, 0.29) is 5.82 Å². The van der Waals surface area contributed by atoms with E-state index in [1.807, 2.05) is 7.05 Å². The monoisotopic (exact) mass is 297 g/mol. The van der Waals surface area contributed by atoms with Crippen molar-refractivity contribution in [2.24, 2.45) is 17.8 Å². The molecule has 3 atom stereocenters. The molecule has 1 aliphatic carbocycles. The van der Waals surface area contributed by atoms with E-state index in [0.29, 0.717) is 22.4 Å². The molecule has 1 aliphatic rings. The molecule has 0 saturated heterocycles. The normalized spacial score (nSPS) is 26.7. The molecule has 1 aromatic rings. The van der Waals surface area contributed by atoms with Crippen molar-refractivity contribution in [2.45, 2.75) is 39.0 Å². The van der Waals surface area contributed by atoms with Crippen molar-refractivity contribution in [3.8, 4) is 0 Å². The first kappa shape index (κ1) is 15.8. The maximum absolute atomic E-state index is 14.0. The topological polar surface area (TPSA) is 12.0 Å². The van der Waals surface area contributed by atoms with E-state index in [0.717, 1.165) is 18.9 Å². The van der Waals surface area contributed by atoms with Crippen LogP contribution in [0.5, 0.6) is 0 Å². The van der Waals surface area contributed by atoms with Gasteiger partial charge in [0.15, 0.2) is 0 Å². The quantitative estimate of drug-likeness (QED) is 0.832. The molecular weight excluding hydrogens is 273 g/mol. The molecule has 0 aliphatic heterocycles. The van der Waals surface area contributed by atoms with E-state index in [4.69, 9.17) is 11.6 Å². The minimum Gasteiger partial charge on any atom is -0.319 e. The second-order valence-corrected chi connectivity index (χ2v) is 6.48. The van der Waals surface area contributed by atoms with Gasteiger partial charge in [-0.15, -0.1) is 0 Å². The molecule has 1 nitrogen and oxygen atoms in total. The van der Waals surface area contributed by atoms with Gasteiger partial charge in [0, 0.05) is 10.6 Å². The summed E-state index contributed by atoms with van der Waals surface area (Å²) in [5, 5.41) is 3.86. The van der Waals surface area contributed by atoms with E-state index >= 15 is 0 Å². The van der Waals surface area contributed by atoms with E-state index < -0.39 is 0 Å². The van der Waals surface area contributed by atoms with Crippen LogP contribution in [0.25, 0.3) is 0 Å². The van der Waals surface area contributed by atoms with Crippen LogP contribution in [-0.4, -0.2) is 13.6 Å². The summed E-state index contributed by atoms with van der Waals surface area (Å²) in [5.41, 5.74) is 0.706. The maximum atomic E-state index is 14.0. The Bertz CT molecular complexity index is 415. The van der Waals surface area contributed by atoms with E-state index in [1.165, 1.54) is 31.7 Å². The Labute approximate surface area is 126 Å². The molecule has 112 valence electrons. The SMILES string of the molecule is CCC1CCC(CNC)C(Cc2c(F)cccc2Cl)C1. The van der Waals surface area contributed by atoms with Gasteiger partial charge < -0.3 is 5.32 Å². The molecule has 2 rings (SSSR count). The molecule has 0 bridgehead atoms. The fourth-order valence-corrected chi connectivity index (χ4v) is 3.81. The van der Waals surface area contributed by atoms with E-state index in [9.17, 15) is 4.39 Å². The van der Waals surface area contributed by atoms with Crippen molar-refractivity contribution in [1.29, 1.82) is 0 Å². The summed E-state index contributed by atoms with van der Waals surface area (Å²) >= 11 is 6.19. The highest BCUT2D eigenvalue weighted by atomic mass is 35.5. The van der Waals surface area contributed by atoms with Crippen LogP contribution in [0.2, 0.25) is 5.02 Å². The van der Waals surface area contributed by atoms with Crippen LogP contribution in [0.15, 0.2) is 18.2 Å². The smallest absolute Gasteiger partial charge is 0.127 e. The average Bonchev–Trinajstić information content (AvgIpc) is 2.45. The van der Waals surface area contributed by atoms with Crippen LogP contribution in [0.1, 0.15) is 38.2 Å². The molecule has 1 saturated carbocycles. The molecular formula is C17H25ClFN. The fraction of sp³-hybridized carbons (Fsp3) is 0.647. The van der Waals surface area contributed by atoms with E-state index in [1.54, 1.807) is 12.1 Å². The Morgan fingerprint density at radius 3 is 2.75 bits per heavy atom. The molecule has 20 heavy (non-hydrogen) atoms. The van der Waals surface area contributed by atoms with Crippen molar-refractivity contribution >= 4 is 11.6 Å². The van der Waals surface area contributed by atoms with Gasteiger partial charge in [0.2, 0.25) is 0 Å². The molecule has 0 heterocycles. The number of halogens is 2. The number of hydrogen-bond acceptors (Lipinski definition) is 1. The average molecular weight is 298 g/mol. The van der Waals surface area contributed by atoms with Gasteiger partial charge in [-0.2, -0.15) is 0 Å². The summed E-state index contributed by atoms with van der Waals surface area (Å²) in [7, 11) is 2.00. The zero-order valence-corrected chi connectivity index (χ0v) is 13.2. The summed E-state index contributed by atoms with van der Waals surface area (Å²) < 4.78 is 14.0. The summed E-state index contributed by atoms with van der Waals surface area (Å²) in [5.74, 6) is 1.81. The van der Waals surface area contributed by atoms with Crippen LogP contribution in [-0.2, 0) is 6.42 Å². The standard InChI is InChI=1S/C17H25ClFN/c1-3-12-7-8-13(11-20-2)14(9-12)10-15-16(18)5-4-6-17(15)19/h4-6,12-14,20H,3,7-11H2,1-2H3. The van der Waals surface area contributed by atoms with Crippen LogP contribution < -0.4 is 5.32 Å². The third-order valence-electron chi connectivity index (χ3n) is 4.82. The van der Waals surface area contributed by atoms with Crippen molar-refractivity contribution in [3.63, 3.8) is 0 Å². The number of benzene rings is 1. The molecule has 0 aromatic heterocycles. The summed E-state index contributed by atoms with van der Waals surface area (Å²) in [6.07, 6.45) is 5.76. The van der Waals surface area contributed by atoms with Crippen LogP contribution in [0.4, 0.5) is 4.39 Å². The molecule has 1 aromatic carbocycles.